The van der Waals surface area contributed by atoms with Crippen molar-refractivity contribution in [1.82, 2.24) is 20.2 Å². The third-order valence-electron chi connectivity index (χ3n) is 6.21. The number of nitrogens with one attached hydrogen (secondary N) is 2. The van der Waals surface area contributed by atoms with Crippen molar-refractivity contribution in [1.29, 1.82) is 0 Å². The molecule has 0 radical (unpaired) electrons. The molecule has 0 saturated carbocycles. The van der Waals surface area contributed by atoms with Gasteiger partial charge in [-0.1, -0.05) is 0 Å². The second-order valence-corrected chi connectivity index (χ2v) is 10.2. The zero-order valence-corrected chi connectivity index (χ0v) is 22.6. The van der Waals surface area contributed by atoms with Gasteiger partial charge in [-0.25, -0.2) is 9.97 Å². The number of aromatic nitrogens is 2. The molecule has 202 valence electrons. The van der Waals surface area contributed by atoms with Crippen LogP contribution in [0.15, 0.2) is 29.6 Å². The van der Waals surface area contributed by atoms with E-state index in [1.165, 1.54) is 23.3 Å². The van der Waals surface area contributed by atoms with Crippen LogP contribution in [0.4, 0.5) is 5.13 Å². The number of benzene rings is 1. The molecule has 2 atom stereocenters. The van der Waals surface area contributed by atoms with Gasteiger partial charge in [0.2, 0.25) is 17.7 Å². The van der Waals surface area contributed by atoms with Crippen molar-refractivity contribution in [2.45, 2.75) is 51.3 Å². The number of thiazole rings is 1. The summed E-state index contributed by atoms with van der Waals surface area (Å²) in [5, 5.41) is 9.26. The minimum atomic E-state index is -0.812. The number of nitrogens with zero attached hydrogens (tertiary/aromatic N) is 3. The molecule has 1 fully saturated rings. The van der Waals surface area contributed by atoms with Crippen molar-refractivity contribution in [3.8, 4) is 22.9 Å². The van der Waals surface area contributed by atoms with Gasteiger partial charge in [0.05, 0.1) is 24.9 Å². The molecule has 0 spiro atoms. The third kappa shape index (κ3) is 6.13. The SMILES string of the molecule is CNC(=O)CCC(=O)N1C[C@H](Oc2cc(-c3csc(NC(C)C)n3)nc3cc(OC)ccc23)C[C@H]1C(N)=O. The highest BCUT2D eigenvalue weighted by molar-refractivity contribution is 7.14. The molecule has 1 saturated heterocycles. The highest BCUT2D eigenvalue weighted by Gasteiger charge is 2.39. The van der Waals surface area contributed by atoms with Gasteiger partial charge in [-0.3, -0.25) is 14.4 Å². The highest BCUT2D eigenvalue weighted by atomic mass is 32.1. The molecule has 3 heterocycles. The standard InChI is InChI=1S/C26H32N6O5S/c1-14(2)29-26-31-20(13-38-26)19-11-22(17-6-5-15(36-4)9-18(17)30-19)37-16-10-21(25(27)35)32(12-16)24(34)8-7-23(33)28-3/h5-6,9,11,13-14,16,21H,7-8,10,12H2,1-4H3,(H2,27,35)(H,28,33)(H,29,31)/t16-,21+/m1/s1. The first-order valence-electron chi connectivity index (χ1n) is 12.4. The Labute approximate surface area is 224 Å². The summed E-state index contributed by atoms with van der Waals surface area (Å²) in [6, 6.07) is 6.75. The van der Waals surface area contributed by atoms with E-state index < -0.39 is 18.1 Å². The molecule has 3 amide bonds. The molecule has 2 aromatic heterocycles. The monoisotopic (exact) mass is 540 g/mol. The van der Waals surface area contributed by atoms with Crippen molar-refractivity contribution in [3.05, 3.63) is 29.6 Å². The van der Waals surface area contributed by atoms with Gasteiger partial charge >= 0.3 is 0 Å². The van der Waals surface area contributed by atoms with Gasteiger partial charge in [0.25, 0.3) is 0 Å². The lowest BCUT2D eigenvalue weighted by molar-refractivity contribution is -0.138. The number of fused-ring (bicyclic) bond motifs is 1. The summed E-state index contributed by atoms with van der Waals surface area (Å²) in [4.78, 5) is 47.5. The van der Waals surface area contributed by atoms with E-state index in [4.69, 9.17) is 20.2 Å². The second-order valence-electron chi connectivity index (χ2n) is 9.34. The summed E-state index contributed by atoms with van der Waals surface area (Å²) in [5.74, 6) is 0.0205. The molecular weight excluding hydrogens is 508 g/mol. The molecule has 1 aromatic carbocycles. The van der Waals surface area contributed by atoms with Crippen LogP contribution < -0.4 is 25.8 Å². The van der Waals surface area contributed by atoms with Gasteiger partial charge < -0.3 is 30.7 Å². The van der Waals surface area contributed by atoms with Crippen molar-refractivity contribution >= 4 is 45.1 Å². The van der Waals surface area contributed by atoms with Crippen LogP contribution in [0.25, 0.3) is 22.3 Å². The largest absolute Gasteiger partial charge is 0.497 e. The normalized spacial score (nSPS) is 17.0. The van der Waals surface area contributed by atoms with Gasteiger partial charge in [0.15, 0.2) is 5.13 Å². The zero-order chi connectivity index (χ0) is 27.4. The Bertz CT molecular complexity index is 1340. The number of pyridine rings is 1. The molecular formula is C26H32N6O5S. The topological polar surface area (TPSA) is 149 Å². The summed E-state index contributed by atoms with van der Waals surface area (Å²) in [6.07, 6.45) is -0.222. The van der Waals surface area contributed by atoms with Crippen LogP contribution >= 0.6 is 11.3 Å². The van der Waals surface area contributed by atoms with E-state index in [1.54, 1.807) is 7.11 Å². The maximum absolute atomic E-state index is 12.8. The molecule has 0 bridgehead atoms. The molecule has 38 heavy (non-hydrogen) atoms. The second kappa shape index (κ2) is 11.6. The van der Waals surface area contributed by atoms with E-state index >= 15 is 0 Å². The first-order valence-corrected chi connectivity index (χ1v) is 13.2. The van der Waals surface area contributed by atoms with Gasteiger partial charge in [0, 0.05) is 55.3 Å². The molecule has 1 aliphatic heterocycles. The van der Waals surface area contributed by atoms with Crippen LogP contribution in [-0.4, -0.2) is 71.5 Å². The quantitative estimate of drug-likeness (QED) is 0.355. The minimum absolute atomic E-state index is 0.0190. The number of hydrogen-bond donors (Lipinski definition) is 3. The van der Waals surface area contributed by atoms with Crippen molar-refractivity contribution in [2.24, 2.45) is 5.73 Å². The number of hydrogen-bond acceptors (Lipinski definition) is 9. The van der Waals surface area contributed by atoms with Crippen LogP contribution in [0.5, 0.6) is 11.5 Å². The fourth-order valence-electron chi connectivity index (χ4n) is 4.33. The molecule has 11 nitrogen and oxygen atoms in total. The molecule has 12 heteroatoms. The average Bonchev–Trinajstić information content (AvgIpc) is 3.53. The summed E-state index contributed by atoms with van der Waals surface area (Å²) in [7, 11) is 3.10. The van der Waals surface area contributed by atoms with E-state index in [0.29, 0.717) is 28.4 Å². The Morgan fingerprint density at radius 2 is 1.97 bits per heavy atom. The number of carbonyl (C=O) groups is 3. The Morgan fingerprint density at radius 3 is 2.66 bits per heavy atom. The van der Waals surface area contributed by atoms with Gasteiger partial charge in [-0.15, -0.1) is 11.3 Å². The first-order chi connectivity index (χ1) is 18.2. The number of amides is 3. The number of anilines is 1. The van der Waals surface area contributed by atoms with Crippen LogP contribution in [0, 0.1) is 0 Å². The number of ether oxygens (including phenoxy) is 2. The lowest BCUT2D eigenvalue weighted by Crippen LogP contribution is -2.44. The molecule has 1 aliphatic rings. The number of methoxy groups -OCH3 is 1. The molecule has 3 aromatic rings. The maximum atomic E-state index is 12.8. The highest BCUT2D eigenvalue weighted by Crippen LogP contribution is 2.35. The van der Waals surface area contributed by atoms with Crippen molar-refractivity contribution < 1.29 is 23.9 Å². The van der Waals surface area contributed by atoms with Crippen molar-refractivity contribution in [3.63, 3.8) is 0 Å². The smallest absolute Gasteiger partial charge is 0.240 e. The predicted octanol–water partition coefficient (Wildman–Crippen LogP) is 2.55. The van der Waals surface area contributed by atoms with Crippen LogP contribution in [0.3, 0.4) is 0 Å². The van der Waals surface area contributed by atoms with E-state index in [2.05, 4.69) is 15.6 Å². The lowest BCUT2D eigenvalue weighted by atomic mass is 10.1. The van der Waals surface area contributed by atoms with E-state index in [1.807, 2.05) is 43.5 Å². The summed E-state index contributed by atoms with van der Waals surface area (Å²) >= 11 is 1.49. The van der Waals surface area contributed by atoms with Gasteiger partial charge in [-0.2, -0.15) is 0 Å². The van der Waals surface area contributed by atoms with Crippen LogP contribution in [0.2, 0.25) is 0 Å². The van der Waals surface area contributed by atoms with Crippen molar-refractivity contribution in [2.75, 3.05) is 26.0 Å². The van der Waals surface area contributed by atoms with E-state index in [0.717, 1.165) is 10.5 Å². The van der Waals surface area contributed by atoms with Crippen LogP contribution in [-0.2, 0) is 14.4 Å². The van der Waals surface area contributed by atoms with Gasteiger partial charge in [-0.05, 0) is 26.0 Å². The summed E-state index contributed by atoms with van der Waals surface area (Å²) in [5.41, 5.74) is 7.59. The Morgan fingerprint density at radius 1 is 1.18 bits per heavy atom. The lowest BCUT2D eigenvalue weighted by Gasteiger charge is -2.21. The Hall–Kier alpha value is -3.93. The Balaban J connectivity index is 1.63. The zero-order valence-electron chi connectivity index (χ0n) is 21.8. The maximum Gasteiger partial charge on any atom is 0.240 e. The molecule has 4 N–H and O–H groups in total. The summed E-state index contributed by atoms with van der Waals surface area (Å²) in [6.45, 7) is 4.26. The number of rotatable bonds is 10. The van der Waals surface area contributed by atoms with Crippen LogP contribution in [0.1, 0.15) is 33.1 Å². The average molecular weight is 541 g/mol. The number of nitrogens with two attached hydrogens (primary N) is 1. The fourth-order valence-corrected chi connectivity index (χ4v) is 5.18. The molecule has 4 rings (SSSR count). The molecule has 0 unspecified atom stereocenters. The summed E-state index contributed by atoms with van der Waals surface area (Å²) < 4.78 is 11.8. The van der Waals surface area contributed by atoms with E-state index in [9.17, 15) is 14.4 Å². The third-order valence-corrected chi connectivity index (χ3v) is 6.98. The number of carbonyl (C=O) groups excluding carboxylic acids is 3. The predicted molar refractivity (Wildman–Crippen MR) is 145 cm³/mol. The molecule has 0 aliphatic carbocycles. The van der Waals surface area contributed by atoms with Gasteiger partial charge in [0.1, 0.15) is 29.3 Å². The van der Waals surface area contributed by atoms with E-state index in [-0.39, 0.29) is 43.7 Å². The first kappa shape index (κ1) is 27.1. The minimum Gasteiger partial charge on any atom is -0.497 e. The fraction of sp³-hybridized carbons (Fsp3) is 0.423. The number of likely N-dealkylation sites (tertiary alicyclic amines) is 1. The number of primary amides is 1. The Kier molecular flexibility index (Phi) is 8.30.